The van der Waals surface area contributed by atoms with Crippen LogP contribution in [0.25, 0.3) is 0 Å². The second-order valence-corrected chi connectivity index (χ2v) is 4.00. The van der Waals surface area contributed by atoms with Gasteiger partial charge in [-0.15, -0.1) is 0 Å². The number of nitriles is 1. The van der Waals surface area contributed by atoms with E-state index in [1.807, 2.05) is 5.32 Å². The fourth-order valence-electron chi connectivity index (χ4n) is 0.952. The predicted octanol–water partition coefficient (Wildman–Crippen LogP) is 2.83. The first-order valence-electron chi connectivity index (χ1n) is 4.30. The van der Waals surface area contributed by atoms with Crippen LogP contribution in [0, 0.1) is 28.9 Å². The lowest BCUT2D eigenvalue weighted by Gasteiger charge is -2.08. The smallest absolute Gasteiger partial charge is 0.241 e. The SMILES string of the molecule is CC(C#N)C(=O)Nc1c(F)cc(Br)cc1F. The molecule has 1 aromatic rings. The lowest BCUT2D eigenvalue weighted by molar-refractivity contribution is -0.118. The second-order valence-electron chi connectivity index (χ2n) is 3.08. The number of carbonyl (C=O) groups is 1. The molecular weight excluding hydrogens is 282 g/mol. The predicted molar refractivity (Wildman–Crippen MR) is 57.5 cm³/mol. The first kappa shape index (κ1) is 12.6. The summed E-state index contributed by atoms with van der Waals surface area (Å²) in [6.07, 6.45) is 0. The summed E-state index contributed by atoms with van der Waals surface area (Å²) in [6.45, 7) is 1.34. The number of nitrogens with one attached hydrogen (secondary N) is 1. The topological polar surface area (TPSA) is 52.9 Å². The number of carbonyl (C=O) groups excluding carboxylic acids is 1. The highest BCUT2D eigenvalue weighted by molar-refractivity contribution is 9.10. The first-order valence-corrected chi connectivity index (χ1v) is 5.10. The van der Waals surface area contributed by atoms with Crippen molar-refractivity contribution in [2.24, 2.45) is 5.92 Å². The number of rotatable bonds is 2. The molecular formula is C10H7BrF2N2O. The van der Waals surface area contributed by atoms with Gasteiger partial charge in [0, 0.05) is 4.47 Å². The highest BCUT2D eigenvalue weighted by Gasteiger charge is 2.17. The van der Waals surface area contributed by atoms with Gasteiger partial charge in [-0.05, 0) is 19.1 Å². The number of hydrogen-bond donors (Lipinski definition) is 1. The molecule has 0 fully saturated rings. The summed E-state index contributed by atoms with van der Waals surface area (Å²) in [5.41, 5.74) is -0.546. The van der Waals surface area contributed by atoms with E-state index in [4.69, 9.17) is 5.26 Å². The van der Waals surface area contributed by atoms with Crippen molar-refractivity contribution in [2.75, 3.05) is 5.32 Å². The fourth-order valence-corrected chi connectivity index (χ4v) is 1.35. The van der Waals surface area contributed by atoms with Crippen LogP contribution in [-0.2, 0) is 4.79 Å². The van der Waals surface area contributed by atoms with Crippen LogP contribution < -0.4 is 5.32 Å². The minimum Gasteiger partial charge on any atom is -0.320 e. The third-order valence-corrected chi connectivity index (χ3v) is 2.30. The lowest BCUT2D eigenvalue weighted by atomic mass is 10.2. The molecule has 3 nitrogen and oxygen atoms in total. The molecule has 6 heteroatoms. The van der Waals surface area contributed by atoms with Gasteiger partial charge in [0.1, 0.15) is 11.6 Å². The maximum Gasteiger partial charge on any atom is 0.241 e. The first-order chi connectivity index (χ1) is 7.45. The van der Waals surface area contributed by atoms with E-state index in [2.05, 4.69) is 15.9 Å². The van der Waals surface area contributed by atoms with Crippen molar-refractivity contribution in [3.8, 4) is 6.07 Å². The van der Waals surface area contributed by atoms with E-state index in [9.17, 15) is 13.6 Å². The van der Waals surface area contributed by atoms with Crippen molar-refractivity contribution in [1.82, 2.24) is 0 Å². The number of benzene rings is 1. The van der Waals surface area contributed by atoms with Gasteiger partial charge in [0.05, 0.1) is 6.07 Å². The van der Waals surface area contributed by atoms with Crippen molar-refractivity contribution >= 4 is 27.5 Å². The van der Waals surface area contributed by atoms with E-state index < -0.39 is 29.1 Å². The van der Waals surface area contributed by atoms with Gasteiger partial charge in [0.2, 0.25) is 5.91 Å². The second kappa shape index (κ2) is 5.03. The number of anilines is 1. The summed E-state index contributed by atoms with van der Waals surface area (Å²) in [7, 11) is 0. The third kappa shape index (κ3) is 2.76. The molecule has 0 radical (unpaired) electrons. The largest absolute Gasteiger partial charge is 0.320 e. The van der Waals surface area contributed by atoms with Gasteiger partial charge in [-0.1, -0.05) is 15.9 Å². The van der Waals surface area contributed by atoms with E-state index in [1.165, 1.54) is 6.92 Å². The minimum absolute atomic E-state index is 0.230. The molecule has 0 aromatic heterocycles. The Labute approximate surface area is 99.2 Å². The molecule has 1 unspecified atom stereocenters. The van der Waals surface area contributed by atoms with E-state index >= 15 is 0 Å². The van der Waals surface area contributed by atoms with Gasteiger partial charge in [-0.25, -0.2) is 8.78 Å². The van der Waals surface area contributed by atoms with Gasteiger partial charge < -0.3 is 5.32 Å². The Hall–Kier alpha value is -1.48. The third-order valence-electron chi connectivity index (χ3n) is 1.84. The summed E-state index contributed by atoms with van der Waals surface area (Å²) in [5.74, 6) is -3.51. The van der Waals surface area contributed by atoms with Gasteiger partial charge in [-0.2, -0.15) is 5.26 Å². The van der Waals surface area contributed by atoms with E-state index in [0.29, 0.717) is 0 Å². The highest BCUT2D eigenvalue weighted by Crippen LogP contribution is 2.24. The monoisotopic (exact) mass is 288 g/mol. The zero-order valence-electron chi connectivity index (χ0n) is 8.22. The molecule has 0 heterocycles. The van der Waals surface area contributed by atoms with Gasteiger partial charge in [0.15, 0.2) is 11.6 Å². The van der Waals surface area contributed by atoms with Gasteiger partial charge >= 0.3 is 0 Å². The van der Waals surface area contributed by atoms with Crippen LogP contribution in [0.1, 0.15) is 6.92 Å². The molecule has 1 N–H and O–H groups in total. The van der Waals surface area contributed by atoms with Crippen LogP contribution in [0.2, 0.25) is 0 Å². The average Bonchev–Trinajstić information content (AvgIpc) is 2.21. The Morgan fingerprint density at radius 1 is 1.50 bits per heavy atom. The summed E-state index contributed by atoms with van der Waals surface area (Å²) < 4.78 is 26.8. The van der Waals surface area contributed by atoms with Gasteiger partial charge in [0.25, 0.3) is 0 Å². The summed E-state index contributed by atoms with van der Waals surface area (Å²) in [5, 5.41) is 10.5. The minimum atomic E-state index is -0.970. The standard InChI is InChI=1S/C10H7BrF2N2O/c1-5(4-14)10(16)15-9-7(12)2-6(11)3-8(9)13/h2-3,5H,1H3,(H,15,16). The zero-order chi connectivity index (χ0) is 12.3. The van der Waals surface area contributed by atoms with Crippen molar-refractivity contribution in [1.29, 1.82) is 5.26 Å². The Morgan fingerprint density at radius 3 is 2.44 bits per heavy atom. The van der Waals surface area contributed by atoms with Crippen molar-refractivity contribution < 1.29 is 13.6 Å². The fraction of sp³-hybridized carbons (Fsp3) is 0.200. The zero-order valence-corrected chi connectivity index (χ0v) is 9.81. The summed E-state index contributed by atoms with van der Waals surface area (Å²) >= 11 is 2.91. The van der Waals surface area contributed by atoms with E-state index in [-0.39, 0.29) is 4.47 Å². The van der Waals surface area contributed by atoms with Crippen LogP contribution >= 0.6 is 15.9 Å². The average molecular weight is 289 g/mol. The highest BCUT2D eigenvalue weighted by atomic mass is 79.9. The normalized spacial score (nSPS) is 11.7. The molecule has 1 amide bonds. The maximum absolute atomic E-state index is 13.3. The Kier molecular flexibility index (Phi) is 3.96. The molecule has 84 valence electrons. The van der Waals surface area contributed by atoms with Crippen LogP contribution in [-0.4, -0.2) is 5.91 Å². The number of hydrogen-bond acceptors (Lipinski definition) is 2. The molecule has 1 atom stereocenters. The maximum atomic E-state index is 13.3. The number of nitrogens with zero attached hydrogens (tertiary/aromatic N) is 1. The lowest BCUT2D eigenvalue weighted by Crippen LogP contribution is -2.20. The van der Waals surface area contributed by atoms with Crippen LogP contribution in [0.4, 0.5) is 14.5 Å². The molecule has 0 spiro atoms. The van der Waals surface area contributed by atoms with Crippen molar-refractivity contribution in [3.05, 3.63) is 28.2 Å². The van der Waals surface area contributed by atoms with Crippen molar-refractivity contribution in [2.45, 2.75) is 6.92 Å². The Bertz CT molecular complexity index is 447. The quantitative estimate of drug-likeness (QED) is 0.910. The molecule has 0 aliphatic rings. The number of halogens is 3. The molecule has 1 aromatic carbocycles. The molecule has 0 aliphatic carbocycles. The van der Waals surface area contributed by atoms with E-state index in [1.54, 1.807) is 6.07 Å². The van der Waals surface area contributed by atoms with Crippen LogP contribution in [0.3, 0.4) is 0 Å². The Balaban J connectivity index is 2.99. The molecule has 0 bridgehead atoms. The summed E-state index contributed by atoms with van der Waals surface area (Å²) in [4.78, 5) is 11.3. The Morgan fingerprint density at radius 2 is 2.00 bits per heavy atom. The molecule has 1 rings (SSSR count). The molecule has 0 saturated heterocycles. The van der Waals surface area contributed by atoms with E-state index in [0.717, 1.165) is 12.1 Å². The van der Waals surface area contributed by atoms with Gasteiger partial charge in [-0.3, -0.25) is 4.79 Å². The van der Waals surface area contributed by atoms with Crippen molar-refractivity contribution in [3.63, 3.8) is 0 Å². The summed E-state index contributed by atoms with van der Waals surface area (Å²) in [6, 6.07) is 3.72. The number of amides is 1. The molecule has 16 heavy (non-hydrogen) atoms. The van der Waals surface area contributed by atoms with Crippen LogP contribution in [0.5, 0.6) is 0 Å². The molecule has 0 aliphatic heterocycles. The molecule has 0 saturated carbocycles. The van der Waals surface area contributed by atoms with Crippen LogP contribution in [0.15, 0.2) is 16.6 Å².